The van der Waals surface area contributed by atoms with E-state index in [2.05, 4.69) is 43.0 Å². The Morgan fingerprint density at radius 3 is 2.70 bits per heavy atom. The average Bonchev–Trinajstić information content (AvgIpc) is 3.21. The molecule has 1 aliphatic heterocycles. The first-order valence-electron chi connectivity index (χ1n) is 11.5. The summed E-state index contributed by atoms with van der Waals surface area (Å²) in [7, 11) is 0. The van der Waals surface area contributed by atoms with Gasteiger partial charge in [0, 0.05) is 28.6 Å². The molecule has 2 unspecified atom stereocenters. The fourth-order valence-electron chi connectivity index (χ4n) is 4.14. The third-order valence-corrected chi connectivity index (χ3v) is 7.38. The maximum atomic E-state index is 6.51. The fourth-order valence-corrected chi connectivity index (χ4v) is 5.64. The molecular weight excluding hydrogens is 475 g/mol. The lowest BCUT2D eigenvalue weighted by Crippen LogP contribution is -2.35. The van der Waals surface area contributed by atoms with E-state index in [0.29, 0.717) is 16.7 Å². The van der Waals surface area contributed by atoms with Crippen molar-refractivity contribution in [2.45, 2.75) is 51.9 Å². The number of thiazole rings is 1. The second kappa shape index (κ2) is 11.7. The Morgan fingerprint density at radius 2 is 2.00 bits per heavy atom. The molecule has 0 amide bonds. The molecule has 0 saturated carbocycles. The van der Waals surface area contributed by atoms with Crippen molar-refractivity contribution in [3.63, 3.8) is 0 Å². The first-order chi connectivity index (χ1) is 16.1. The minimum absolute atomic E-state index is 0.0377. The summed E-state index contributed by atoms with van der Waals surface area (Å²) < 4.78 is 12.1. The Bertz CT molecular complexity index is 1040. The number of rotatable bonds is 9. The van der Waals surface area contributed by atoms with Crippen molar-refractivity contribution in [1.29, 1.82) is 0 Å². The summed E-state index contributed by atoms with van der Waals surface area (Å²) >= 11 is 14.3. The molecule has 2 aromatic carbocycles. The zero-order chi connectivity index (χ0) is 23.2. The van der Waals surface area contributed by atoms with Crippen LogP contribution >= 0.6 is 34.5 Å². The maximum absolute atomic E-state index is 6.51. The number of nitrogens with zero attached hydrogens (tertiary/aromatic N) is 2. The molecule has 1 saturated heterocycles. The van der Waals surface area contributed by atoms with Crippen LogP contribution in [0.5, 0.6) is 0 Å². The summed E-state index contributed by atoms with van der Waals surface area (Å²) in [6.07, 6.45) is 4.08. The topological polar surface area (TPSA) is 34.6 Å². The van der Waals surface area contributed by atoms with Gasteiger partial charge in [0.2, 0.25) is 0 Å². The van der Waals surface area contributed by atoms with Crippen molar-refractivity contribution in [2.75, 3.05) is 24.7 Å². The Kier molecular flexibility index (Phi) is 8.67. The summed E-state index contributed by atoms with van der Waals surface area (Å²) in [6.45, 7) is 6.48. The highest BCUT2D eigenvalue weighted by molar-refractivity contribution is 7.16. The van der Waals surface area contributed by atoms with Crippen LogP contribution in [-0.2, 0) is 9.47 Å². The monoisotopic (exact) mass is 504 g/mol. The molecule has 2 heterocycles. The van der Waals surface area contributed by atoms with Crippen LogP contribution in [0.3, 0.4) is 0 Å². The van der Waals surface area contributed by atoms with E-state index < -0.39 is 0 Å². The maximum Gasteiger partial charge on any atom is 0.186 e. The van der Waals surface area contributed by atoms with Gasteiger partial charge in [-0.25, -0.2) is 4.98 Å². The highest BCUT2D eigenvalue weighted by Crippen LogP contribution is 2.39. The zero-order valence-electron chi connectivity index (χ0n) is 19.1. The summed E-state index contributed by atoms with van der Waals surface area (Å²) in [6, 6.07) is 16.1. The lowest BCUT2D eigenvalue weighted by atomic mass is 10.1. The van der Waals surface area contributed by atoms with Gasteiger partial charge in [0.15, 0.2) is 11.4 Å². The van der Waals surface area contributed by atoms with Crippen LogP contribution in [0.15, 0.2) is 48.5 Å². The molecule has 1 aromatic heterocycles. The highest BCUT2D eigenvalue weighted by Gasteiger charge is 2.27. The Hall–Kier alpha value is -1.63. The molecule has 33 heavy (non-hydrogen) atoms. The quantitative estimate of drug-likeness (QED) is 0.296. The molecule has 0 aliphatic carbocycles. The predicted octanol–water partition coefficient (Wildman–Crippen LogP) is 7.93. The van der Waals surface area contributed by atoms with Crippen molar-refractivity contribution >= 4 is 39.7 Å². The van der Waals surface area contributed by atoms with Crippen molar-refractivity contribution in [1.82, 2.24) is 4.98 Å². The van der Waals surface area contributed by atoms with Crippen LogP contribution in [-0.4, -0.2) is 31.0 Å². The predicted molar refractivity (Wildman–Crippen MR) is 139 cm³/mol. The minimum Gasteiger partial charge on any atom is -0.353 e. The summed E-state index contributed by atoms with van der Waals surface area (Å²) in [5, 5.41) is 2.20. The van der Waals surface area contributed by atoms with E-state index in [1.165, 1.54) is 5.56 Å². The van der Waals surface area contributed by atoms with Crippen LogP contribution in [0.4, 0.5) is 5.13 Å². The van der Waals surface area contributed by atoms with Crippen molar-refractivity contribution < 1.29 is 9.47 Å². The van der Waals surface area contributed by atoms with Crippen LogP contribution in [0.25, 0.3) is 11.3 Å². The molecule has 1 fully saturated rings. The number of benzene rings is 2. The number of hydrogen-bond donors (Lipinski definition) is 0. The van der Waals surface area contributed by atoms with Crippen molar-refractivity contribution in [3.05, 3.63) is 69.0 Å². The Morgan fingerprint density at radius 1 is 1.18 bits per heavy atom. The standard InChI is InChI=1S/C26H30Cl2N2O2S/c1-3-14-30(26-29-25(18(2)33-26)21-13-12-20(27)16-22(21)28)23(19-9-5-4-6-10-19)17-32-24-11-7-8-15-31-24/h4-6,9-10,12-13,16,23-24H,3,7-8,11,14-15,17H2,1-2H3. The molecule has 0 N–H and O–H groups in total. The lowest BCUT2D eigenvalue weighted by molar-refractivity contribution is -0.165. The highest BCUT2D eigenvalue weighted by atomic mass is 35.5. The van der Waals surface area contributed by atoms with E-state index >= 15 is 0 Å². The number of aromatic nitrogens is 1. The first kappa shape index (κ1) is 24.5. The van der Waals surface area contributed by atoms with Gasteiger partial charge in [0.05, 0.1) is 23.4 Å². The van der Waals surface area contributed by atoms with Gasteiger partial charge in [-0.3, -0.25) is 0 Å². The van der Waals surface area contributed by atoms with Gasteiger partial charge in [0.1, 0.15) is 0 Å². The molecule has 7 heteroatoms. The molecule has 0 radical (unpaired) electrons. The van der Waals surface area contributed by atoms with Crippen LogP contribution in [0, 0.1) is 6.92 Å². The van der Waals surface area contributed by atoms with Gasteiger partial charge in [-0.15, -0.1) is 11.3 Å². The molecule has 2 atom stereocenters. The minimum atomic E-state index is -0.130. The third kappa shape index (κ3) is 6.09. The van der Waals surface area contributed by atoms with Gasteiger partial charge >= 0.3 is 0 Å². The molecule has 4 rings (SSSR count). The summed E-state index contributed by atoms with van der Waals surface area (Å²) in [5.41, 5.74) is 3.02. The van der Waals surface area contributed by atoms with Crippen molar-refractivity contribution in [2.24, 2.45) is 0 Å². The average molecular weight is 506 g/mol. The molecular formula is C26H30Cl2N2O2S. The largest absolute Gasteiger partial charge is 0.353 e. The number of halogens is 2. The number of aryl methyl sites for hydroxylation is 1. The van der Waals surface area contributed by atoms with E-state index in [9.17, 15) is 0 Å². The second-order valence-electron chi connectivity index (χ2n) is 8.27. The van der Waals surface area contributed by atoms with E-state index in [1.54, 1.807) is 17.4 Å². The molecule has 1 aliphatic rings. The Labute approximate surface area is 210 Å². The number of hydrogen-bond acceptors (Lipinski definition) is 5. The molecule has 0 spiro atoms. The van der Waals surface area contributed by atoms with Crippen molar-refractivity contribution in [3.8, 4) is 11.3 Å². The molecule has 176 valence electrons. The molecule has 3 aromatic rings. The van der Waals surface area contributed by atoms with Gasteiger partial charge in [-0.1, -0.05) is 60.5 Å². The smallest absolute Gasteiger partial charge is 0.186 e. The zero-order valence-corrected chi connectivity index (χ0v) is 21.4. The van der Waals surface area contributed by atoms with Crippen LogP contribution in [0.2, 0.25) is 10.0 Å². The van der Waals surface area contributed by atoms with Gasteiger partial charge < -0.3 is 14.4 Å². The second-order valence-corrected chi connectivity index (χ2v) is 10.3. The summed E-state index contributed by atoms with van der Waals surface area (Å²) in [4.78, 5) is 8.55. The molecule has 0 bridgehead atoms. The van der Waals surface area contributed by atoms with E-state index in [1.807, 2.05) is 18.2 Å². The molecule has 4 nitrogen and oxygen atoms in total. The number of anilines is 1. The third-order valence-electron chi connectivity index (χ3n) is 5.82. The fraction of sp³-hybridized carbons (Fsp3) is 0.423. The number of ether oxygens (including phenoxy) is 2. The van der Waals surface area contributed by atoms with Gasteiger partial charge in [-0.05, 0) is 56.4 Å². The summed E-state index contributed by atoms with van der Waals surface area (Å²) in [5.74, 6) is 0. The van der Waals surface area contributed by atoms with Gasteiger partial charge in [0.25, 0.3) is 0 Å². The van der Waals surface area contributed by atoms with Crippen LogP contribution in [0.1, 0.15) is 49.1 Å². The van der Waals surface area contributed by atoms with E-state index in [0.717, 1.165) is 60.1 Å². The first-order valence-corrected chi connectivity index (χ1v) is 13.1. The van der Waals surface area contributed by atoms with E-state index in [-0.39, 0.29) is 12.3 Å². The van der Waals surface area contributed by atoms with Crippen LogP contribution < -0.4 is 4.90 Å². The SMILES string of the molecule is CCCN(c1nc(-c2ccc(Cl)cc2Cl)c(C)s1)C(COC1CCCCO1)c1ccccc1. The van der Waals surface area contributed by atoms with Gasteiger partial charge in [-0.2, -0.15) is 0 Å². The normalized spacial score (nSPS) is 17.2. The lowest BCUT2D eigenvalue weighted by Gasteiger charge is -2.33. The Balaban J connectivity index is 1.66. The van der Waals surface area contributed by atoms with E-state index in [4.69, 9.17) is 37.7 Å².